The number of benzene rings is 1. The van der Waals surface area contributed by atoms with Gasteiger partial charge in [0.05, 0.1) is 13.2 Å². The molecule has 16 heavy (non-hydrogen) atoms. The second kappa shape index (κ2) is 4.00. The van der Waals surface area contributed by atoms with Crippen LogP contribution in [0.4, 0.5) is 0 Å². The average molecular weight is 217 g/mol. The van der Waals surface area contributed by atoms with Crippen molar-refractivity contribution in [3.63, 3.8) is 0 Å². The highest BCUT2D eigenvalue weighted by Crippen LogP contribution is 2.35. The maximum atomic E-state index is 11.9. The van der Waals surface area contributed by atoms with Gasteiger partial charge in [-0.3, -0.25) is 9.69 Å². The first kappa shape index (κ1) is 10.00. The maximum absolute atomic E-state index is 11.9. The van der Waals surface area contributed by atoms with Gasteiger partial charge in [-0.25, -0.2) is 0 Å². The first-order chi connectivity index (χ1) is 7.86. The van der Waals surface area contributed by atoms with Gasteiger partial charge < -0.3 is 4.74 Å². The number of hydrogen-bond acceptors (Lipinski definition) is 3. The number of nitrogens with zero attached hydrogens (tertiary/aromatic N) is 1. The van der Waals surface area contributed by atoms with E-state index < -0.39 is 0 Å². The first-order valence-corrected chi connectivity index (χ1v) is 5.80. The van der Waals surface area contributed by atoms with Crippen LogP contribution in [0.25, 0.3) is 0 Å². The molecular weight excluding hydrogens is 202 g/mol. The highest BCUT2D eigenvalue weighted by atomic mass is 16.5. The zero-order valence-electron chi connectivity index (χ0n) is 9.19. The number of ketones is 1. The molecule has 3 heteroatoms. The quantitative estimate of drug-likeness (QED) is 0.716. The Labute approximate surface area is 95.0 Å². The number of ether oxygens (including phenoxy) is 1. The fourth-order valence-corrected chi connectivity index (χ4v) is 2.65. The molecule has 1 aromatic rings. The van der Waals surface area contributed by atoms with Gasteiger partial charge in [0, 0.05) is 31.1 Å². The minimum atomic E-state index is 0.284. The molecule has 1 fully saturated rings. The molecule has 1 atom stereocenters. The molecule has 1 aliphatic heterocycles. The van der Waals surface area contributed by atoms with Crippen LogP contribution in [-0.4, -0.2) is 37.0 Å². The third-order valence-electron chi connectivity index (χ3n) is 3.49. The molecule has 3 rings (SSSR count). The molecule has 1 heterocycles. The van der Waals surface area contributed by atoms with Crippen LogP contribution in [-0.2, 0) is 4.74 Å². The average Bonchev–Trinajstić information content (AvgIpc) is 2.69. The summed E-state index contributed by atoms with van der Waals surface area (Å²) in [5.74, 6) is 0.284. The van der Waals surface area contributed by atoms with Gasteiger partial charge >= 0.3 is 0 Å². The molecule has 0 spiro atoms. The van der Waals surface area contributed by atoms with Crippen LogP contribution >= 0.6 is 0 Å². The van der Waals surface area contributed by atoms with Crippen LogP contribution in [0, 0.1) is 0 Å². The number of Topliss-reactive ketones (excluding diaryl/α,β-unsaturated/α-hetero) is 1. The molecule has 0 saturated carbocycles. The summed E-state index contributed by atoms with van der Waals surface area (Å²) < 4.78 is 5.35. The molecule has 1 aliphatic carbocycles. The lowest BCUT2D eigenvalue weighted by atomic mass is 10.1. The third-order valence-corrected chi connectivity index (χ3v) is 3.49. The minimum Gasteiger partial charge on any atom is -0.379 e. The molecule has 1 aromatic carbocycles. The highest BCUT2D eigenvalue weighted by molar-refractivity contribution is 6.01. The van der Waals surface area contributed by atoms with E-state index in [2.05, 4.69) is 11.0 Å². The number of carbonyl (C=O) groups is 1. The van der Waals surface area contributed by atoms with Gasteiger partial charge in [-0.2, -0.15) is 0 Å². The summed E-state index contributed by atoms with van der Waals surface area (Å²) in [6.07, 6.45) is 0.638. The largest absolute Gasteiger partial charge is 0.379 e. The van der Waals surface area contributed by atoms with E-state index in [1.165, 1.54) is 5.56 Å². The molecule has 0 unspecified atom stereocenters. The van der Waals surface area contributed by atoms with Crippen LogP contribution in [0.2, 0.25) is 0 Å². The Hall–Kier alpha value is -1.19. The lowest BCUT2D eigenvalue weighted by molar-refractivity contribution is 0.0166. The number of fused-ring (bicyclic) bond motifs is 1. The normalized spacial score (nSPS) is 25.8. The summed E-state index contributed by atoms with van der Waals surface area (Å²) in [4.78, 5) is 14.2. The van der Waals surface area contributed by atoms with E-state index in [0.717, 1.165) is 31.9 Å². The number of morpholine rings is 1. The fraction of sp³-hybridized carbons (Fsp3) is 0.462. The SMILES string of the molecule is O=C1C[C@H](N2CCOCC2)c2ccccc21. The zero-order valence-corrected chi connectivity index (χ0v) is 9.19. The van der Waals surface area contributed by atoms with Gasteiger partial charge in [0.1, 0.15) is 0 Å². The van der Waals surface area contributed by atoms with Crippen molar-refractivity contribution < 1.29 is 9.53 Å². The van der Waals surface area contributed by atoms with Crippen molar-refractivity contribution in [2.75, 3.05) is 26.3 Å². The third kappa shape index (κ3) is 1.56. The van der Waals surface area contributed by atoms with Crippen LogP contribution in [0.15, 0.2) is 24.3 Å². The standard InChI is InChI=1S/C13H15NO2/c15-13-9-12(14-5-7-16-8-6-14)10-3-1-2-4-11(10)13/h1-4,12H,5-9H2/t12-/m0/s1. The Bertz CT molecular complexity index is 410. The fourth-order valence-electron chi connectivity index (χ4n) is 2.65. The Balaban J connectivity index is 1.90. The van der Waals surface area contributed by atoms with Crippen molar-refractivity contribution in [1.29, 1.82) is 0 Å². The van der Waals surface area contributed by atoms with E-state index in [1.807, 2.05) is 18.2 Å². The predicted molar refractivity (Wildman–Crippen MR) is 60.5 cm³/mol. The van der Waals surface area contributed by atoms with Crippen molar-refractivity contribution in [1.82, 2.24) is 4.90 Å². The van der Waals surface area contributed by atoms with E-state index in [9.17, 15) is 4.79 Å². The van der Waals surface area contributed by atoms with Crippen LogP contribution in [0.5, 0.6) is 0 Å². The first-order valence-electron chi connectivity index (χ1n) is 5.80. The Morgan fingerprint density at radius 2 is 1.94 bits per heavy atom. The molecule has 84 valence electrons. The second-order valence-corrected chi connectivity index (χ2v) is 4.38. The van der Waals surface area contributed by atoms with Gasteiger partial charge in [-0.1, -0.05) is 24.3 Å². The Kier molecular flexibility index (Phi) is 2.50. The van der Waals surface area contributed by atoms with Gasteiger partial charge in [-0.05, 0) is 5.56 Å². The van der Waals surface area contributed by atoms with E-state index in [4.69, 9.17) is 4.74 Å². The predicted octanol–water partition coefficient (Wildman–Crippen LogP) is 1.65. The summed E-state index contributed by atoms with van der Waals surface area (Å²) in [6, 6.07) is 8.27. The number of hydrogen-bond donors (Lipinski definition) is 0. The van der Waals surface area contributed by atoms with Crippen molar-refractivity contribution in [2.24, 2.45) is 0 Å². The van der Waals surface area contributed by atoms with Crippen LogP contribution < -0.4 is 0 Å². The van der Waals surface area contributed by atoms with E-state index in [-0.39, 0.29) is 11.8 Å². The van der Waals surface area contributed by atoms with E-state index >= 15 is 0 Å². The molecule has 0 amide bonds. The maximum Gasteiger partial charge on any atom is 0.165 e. The minimum absolute atomic E-state index is 0.284. The molecule has 0 aromatic heterocycles. The molecule has 0 radical (unpaired) electrons. The van der Waals surface area contributed by atoms with Crippen LogP contribution in [0.3, 0.4) is 0 Å². The van der Waals surface area contributed by atoms with E-state index in [0.29, 0.717) is 6.42 Å². The molecule has 1 saturated heterocycles. The molecule has 3 nitrogen and oxygen atoms in total. The number of carbonyl (C=O) groups excluding carboxylic acids is 1. The lowest BCUT2D eigenvalue weighted by Gasteiger charge is -2.32. The number of rotatable bonds is 1. The topological polar surface area (TPSA) is 29.5 Å². The molecule has 0 N–H and O–H groups in total. The highest BCUT2D eigenvalue weighted by Gasteiger charge is 2.33. The van der Waals surface area contributed by atoms with Crippen molar-refractivity contribution in [3.05, 3.63) is 35.4 Å². The Morgan fingerprint density at radius 3 is 2.75 bits per heavy atom. The van der Waals surface area contributed by atoms with Gasteiger partial charge in [-0.15, -0.1) is 0 Å². The summed E-state index contributed by atoms with van der Waals surface area (Å²) in [5, 5.41) is 0. The van der Waals surface area contributed by atoms with Gasteiger partial charge in [0.25, 0.3) is 0 Å². The van der Waals surface area contributed by atoms with Crippen LogP contribution in [0.1, 0.15) is 28.4 Å². The monoisotopic (exact) mass is 217 g/mol. The molecule has 0 bridgehead atoms. The van der Waals surface area contributed by atoms with Crippen molar-refractivity contribution in [2.45, 2.75) is 12.5 Å². The Morgan fingerprint density at radius 1 is 1.19 bits per heavy atom. The van der Waals surface area contributed by atoms with Gasteiger partial charge in [0.15, 0.2) is 5.78 Å². The summed E-state index contributed by atoms with van der Waals surface area (Å²) in [6.45, 7) is 3.44. The second-order valence-electron chi connectivity index (χ2n) is 4.38. The van der Waals surface area contributed by atoms with Gasteiger partial charge in [0.2, 0.25) is 0 Å². The summed E-state index contributed by atoms with van der Waals surface area (Å²) in [7, 11) is 0. The summed E-state index contributed by atoms with van der Waals surface area (Å²) in [5.41, 5.74) is 2.12. The summed E-state index contributed by atoms with van der Waals surface area (Å²) >= 11 is 0. The zero-order chi connectivity index (χ0) is 11.0. The smallest absolute Gasteiger partial charge is 0.165 e. The van der Waals surface area contributed by atoms with Crippen molar-refractivity contribution >= 4 is 5.78 Å². The molecular formula is C13H15NO2. The van der Waals surface area contributed by atoms with Crippen molar-refractivity contribution in [3.8, 4) is 0 Å². The van der Waals surface area contributed by atoms with E-state index in [1.54, 1.807) is 0 Å². The lowest BCUT2D eigenvalue weighted by Crippen LogP contribution is -2.38. The molecule has 2 aliphatic rings.